The van der Waals surface area contributed by atoms with Crippen molar-refractivity contribution in [2.75, 3.05) is 12.2 Å². The van der Waals surface area contributed by atoms with Crippen LogP contribution in [0.15, 0.2) is 18.2 Å². The quantitative estimate of drug-likeness (QED) is 0.599. The van der Waals surface area contributed by atoms with Crippen LogP contribution in [0.25, 0.3) is 0 Å². The molecular weight excluding hydrogens is 301 g/mol. The van der Waals surface area contributed by atoms with E-state index in [4.69, 9.17) is 4.84 Å². The Morgan fingerprint density at radius 3 is 2.41 bits per heavy atom. The first-order valence-electron chi connectivity index (χ1n) is 6.95. The van der Waals surface area contributed by atoms with Crippen molar-refractivity contribution in [2.45, 2.75) is 44.3 Å². The van der Waals surface area contributed by atoms with Gasteiger partial charge in [0.2, 0.25) is 0 Å². The third-order valence-electron chi connectivity index (χ3n) is 4.27. The number of nitrogens with zero attached hydrogens (tertiary/aromatic N) is 2. The van der Waals surface area contributed by atoms with Crippen LogP contribution in [0.2, 0.25) is 0 Å². The average Bonchev–Trinajstić information content (AvgIpc) is 2.41. The Morgan fingerprint density at radius 1 is 1.41 bits per heavy atom. The highest BCUT2D eigenvalue weighted by Crippen LogP contribution is 2.47. The van der Waals surface area contributed by atoms with Gasteiger partial charge in [0.05, 0.1) is 28.8 Å². The molecule has 0 unspecified atom stereocenters. The van der Waals surface area contributed by atoms with Crippen LogP contribution in [-0.4, -0.2) is 17.6 Å². The van der Waals surface area contributed by atoms with Crippen LogP contribution in [0.4, 0.5) is 24.5 Å². The van der Waals surface area contributed by atoms with Crippen molar-refractivity contribution >= 4 is 11.4 Å². The summed E-state index contributed by atoms with van der Waals surface area (Å²) in [6.45, 7) is 1.89. The number of alkyl halides is 3. The molecular formula is C14H17F3N2O3. The number of halogens is 3. The molecule has 0 radical (unpaired) electrons. The maximum Gasteiger partial charge on any atom is 0.418 e. The van der Waals surface area contributed by atoms with Crippen LogP contribution in [0.1, 0.15) is 38.2 Å². The number of non-ortho nitro benzene ring substituents is 1. The minimum Gasteiger partial charge on any atom is -0.276 e. The standard InChI is InChI=1S/C14H17F3N2O3/c1-3-13(7-4-8-13)18(22-2)12-6-5-10(19(20)21)9-11(12)14(15,16)17/h5-6,9H,3-4,7-8H2,1-2H3. The van der Waals surface area contributed by atoms with Crippen molar-refractivity contribution < 1.29 is 22.9 Å². The van der Waals surface area contributed by atoms with Crippen LogP contribution >= 0.6 is 0 Å². The van der Waals surface area contributed by atoms with Gasteiger partial charge in [0.15, 0.2) is 0 Å². The zero-order valence-corrected chi connectivity index (χ0v) is 12.3. The zero-order chi connectivity index (χ0) is 16.5. The van der Waals surface area contributed by atoms with Crippen LogP contribution in [0.5, 0.6) is 0 Å². The van der Waals surface area contributed by atoms with Crippen molar-refractivity contribution in [1.29, 1.82) is 0 Å². The zero-order valence-electron chi connectivity index (χ0n) is 12.3. The van der Waals surface area contributed by atoms with Gasteiger partial charge in [-0.15, -0.1) is 0 Å². The second-order valence-electron chi connectivity index (χ2n) is 5.36. The molecule has 0 atom stereocenters. The number of nitro benzene ring substituents is 1. The molecule has 22 heavy (non-hydrogen) atoms. The monoisotopic (exact) mass is 318 g/mol. The summed E-state index contributed by atoms with van der Waals surface area (Å²) in [5.74, 6) is 0. The third-order valence-corrected chi connectivity index (χ3v) is 4.27. The van der Waals surface area contributed by atoms with Gasteiger partial charge >= 0.3 is 6.18 Å². The van der Waals surface area contributed by atoms with Crippen molar-refractivity contribution in [3.8, 4) is 0 Å². The fraction of sp³-hybridized carbons (Fsp3) is 0.571. The van der Waals surface area contributed by atoms with Crippen LogP contribution in [-0.2, 0) is 11.0 Å². The molecule has 0 bridgehead atoms. The van der Waals surface area contributed by atoms with E-state index < -0.39 is 27.9 Å². The molecule has 0 aromatic heterocycles. The Hall–Kier alpha value is -1.83. The fourth-order valence-corrected chi connectivity index (χ4v) is 2.87. The summed E-state index contributed by atoms with van der Waals surface area (Å²) in [6.07, 6.45) is -1.69. The summed E-state index contributed by atoms with van der Waals surface area (Å²) in [5.41, 5.74) is -2.30. The molecule has 1 aromatic rings. The molecule has 1 aromatic carbocycles. The van der Waals surface area contributed by atoms with Crippen molar-refractivity contribution in [1.82, 2.24) is 0 Å². The molecule has 1 aliphatic carbocycles. The van der Waals surface area contributed by atoms with Gasteiger partial charge in [0, 0.05) is 12.1 Å². The van der Waals surface area contributed by atoms with Crippen LogP contribution in [0.3, 0.4) is 0 Å². The minimum absolute atomic E-state index is 0.179. The van der Waals surface area contributed by atoms with E-state index in [1.165, 1.54) is 12.2 Å². The molecule has 0 saturated heterocycles. The Balaban J connectivity index is 2.55. The van der Waals surface area contributed by atoms with Gasteiger partial charge in [0.1, 0.15) is 0 Å². The SMILES string of the molecule is CCC1(N(OC)c2ccc([N+](=O)[O-])cc2C(F)(F)F)CCC1. The molecule has 0 aliphatic heterocycles. The lowest BCUT2D eigenvalue weighted by Gasteiger charge is -2.49. The molecule has 1 saturated carbocycles. The van der Waals surface area contributed by atoms with Gasteiger partial charge in [0.25, 0.3) is 5.69 Å². The Labute approximate surface area is 125 Å². The first-order chi connectivity index (χ1) is 10.2. The summed E-state index contributed by atoms with van der Waals surface area (Å²) >= 11 is 0. The summed E-state index contributed by atoms with van der Waals surface area (Å²) in [6, 6.07) is 2.74. The molecule has 0 amide bonds. The number of anilines is 1. The van der Waals surface area contributed by atoms with Gasteiger partial charge in [-0.3, -0.25) is 15.0 Å². The molecule has 2 rings (SSSR count). The van der Waals surface area contributed by atoms with Crippen molar-refractivity contribution in [3.63, 3.8) is 0 Å². The molecule has 8 heteroatoms. The highest BCUT2D eigenvalue weighted by Gasteiger charge is 2.45. The van der Waals surface area contributed by atoms with Crippen LogP contribution in [0, 0.1) is 10.1 Å². The number of hydroxylamine groups is 1. The van der Waals surface area contributed by atoms with E-state index >= 15 is 0 Å². The first kappa shape index (κ1) is 16.5. The fourth-order valence-electron chi connectivity index (χ4n) is 2.87. The van der Waals surface area contributed by atoms with Gasteiger partial charge < -0.3 is 0 Å². The van der Waals surface area contributed by atoms with E-state index in [9.17, 15) is 23.3 Å². The summed E-state index contributed by atoms with van der Waals surface area (Å²) < 4.78 is 39.9. The highest BCUT2D eigenvalue weighted by molar-refractivity contribution is 5.59. The molecule has 1 aliphatic rings. The van der Waals surface area contributed by atoms with E-state index in [2.05, 4.69) is 0 Å². The number of hydrogen-bond acceptors (Lipinski definition) is 4. The average molecular weight is 318 g/mol. The Bertz CT molecular complexity index is 565. The number of rotatable bonds is 5. The summed E-state index contributed by atoms with van der Waals surface area (Å²) in [7, 11) is 1.32. The molecule has 0 spiro atoms. The van der Waals surface area contributed by atoms with Gasteiger partial charge in [-0.1, -0.05) is 6.92 Å². The second kappa shape index (κ2) is 5.75. The van der Waals surface area contributed by atoms with E-state index in [0.29, 0.717) is 12.5 Å². The third kappa shape index (κ3) is 2.75. The predicted octanol–water partition coefficient (Wildman–Crippen LogP) is 4.31. The summed E-state index contributed by atoms with van der Waals surface area (Å²) in [5, 5.41) is 12.0. The van der Waals surface area contributed by atoms with Crippen molar-refractivity contribution in [3.05, 3.63) is 33.9 Å². The molecule has 1 fully saturated rings. The van der Waals surface area contributed by atoms with E-state index in [1.54, 1.807) is 0 Å². The van der Waals surface area contributed by atoms with Gasteiger partial charge in [-0.25, -0.2) is 5.06 Å². The molecule has 5 nitrogen and oxygen atoms in total. The number of hydrogen-bond donors (Lipinski definition) is 0. The van der Waals surface area contributed by atoms with E-state index in [-0.39, 0.29) is 5.69 Å². The largest absolute Gasteiger partial charge is 0.418 e. The second-order valence-corrected chi connectivity index (χ2v) is 5.36. The highest BCUT2D eigenvalue weighted by atomic mass is 19.4. The summed E-state index contributed by atoms with van der Waals surface area (Å²) in [4.78, 5) is 15.1. The Morgan fingerprint density at radius 2 is 2.05 bits per heavy atom. The lowest BCUT2D eigenvalue weighted by Crippen LogP contribution is -2.53. The maximum absolute atomic E-state index is 13.3. The van der Waals surface area contributed by atoms with Crippen molar-refractivity contribution in [2.24, 2.45) is 0 Å². The van der Waals surface area contributed by atoms with Crippen LogP contribution < -0.4 is 5.06 Å². The molecule has 0 heterocycles. The first-order valence-corrected chi connectivity index (χ1v) is 6.95. The maximum atomic E-state index is 13.3. The smallest absolute Gasteiger partial charge is 0.276 e. The normalized spacial score (nSPS) is 17.0. The molecule has 122 valence electrons. The van der Waals surface area contributed by atoms with E-state index in [1.807, 2.05) is 6.92 Å². The van der Waals surface area contributed by atoms with Gasteiger partial charge in [-0.2, -0.15) is 13.2 Å². The lowest BCUT2D eigenvalue weighted by atomic mass is 9.74. The lowest BCUT2D eigenvalue weighted by molar-refractivity contribution is -0.385. The predicted molar refractivity (Wildman–Crippen MR) is 74.5 cm³/mol. The number of nitro groups is 1. The number of benzene rings is 1. The Kier molecular flexibility index (Phi) is 4.32. The minimum atomic E-state index is -4.70. The topological polar surface area (TPSA) is 55.6 Å². The van der Waals surface area contributed by atoms with E-state index in [0.717, 1.165) is 31.4 Å². The molecule has 0 N–H and O–H groups in total. The van der Waals surface area contributed by atoms with Gasteiger partial charge in [-0.05, 0) is 31.7 Å².